The fourth-order valence-corrected chi connectivity index (χ4v) is 3.96. The summed E-state index contributed by atoms with van der Waals surface area (Å²) in [6.45, 7) is 13.7. The van der Waals surface area contributed by atoms with Crippen molar-refractivity contribution in [3.8, 4) is 0 Å². The number of hydrogen-bond acceptors (Lipinski definition) is 1. The van der Waals surface area contributed by atoms with E-state index in [1.165, 1.54) is 19.3 Å². The first-order chi connectivity index (χ1) is 7.12. The highest BCUT2D eigenvalue weighted by Crippen LogP contribution is 2.33. The van der Waals surface area contributed by atoms with Crippen molar-refractivity contribution in [1.29, 1.82) is 5.41 Å². The van der Waals surface area contributed by atoms with Crippen LogP contribution in [-0.2, 0) is 0 Å². The van der Waals surface area contributed by atoms with E-state index < -0.39 is 8.07 Å². The molecule has 1 atom stereocenters. The van der Waals surface area contributed by atoms with Gasteiger partial charge in [0.1, 0.15) is 0 Å². The Morgan fingerprint density at radius 3 is 2.31 bits per heavy atom. The third kappa shape index (κ3) is 3.31. The molecule has 0 amide bonds. The van der Waals surface area contributed by atoms with Crippen molar-refractivity contribution in [2.45, 2.75) is 59.7 Å². The molecule has 1 N–H and O–H groups in total. The zero-order chi connectivity index (χ0) is 12.6. The maximum atomic E-state index is 8.30. The first kappa shape index (κ1) is 13.7. The number of nitrogens with one attached hydrogen (secondary N) is 1. The molecule has 1 aliphatic rings. The van der Waals surface area contributed by atoms with Crippen LogP contribution in [0.2, 0.25) is 19.6 Å². The standard InChI is InChI=1S/C14H27NSi/c1-14(2,3)13(15)11-8-7-9-12(10-11)16(4,5)6/h10-11,15H,7-9H2,1-6H3. The van der Waals surface area contributed by atoms with Crippen molar-refractivity contribution >= 4 is 13.8 Å². The molecule has 1 nitrogen and oxygen atoms in total. The van der Waals surface area contributed by atoms with Crippen molar-refractivity contribution in [3.63, 3.8) is 0 Å². The molecule has 2 heteroatoms. The van der Waals surface area contributed by atoms with E-state index in [1.807, 2.05) is 0 Å². The molecular weight excluding hydrogens is 210 g/mol. The van der Waals surface area contributed by atoms with Crippen LogP contribution < -0.4 is 0 Å². The second kappa shape index (κ2) is 4.48. The lowest BCUT2D eigenvalue weighted by molar-refractivity contribution is 0.527. The number of allylic oxidation sites excluding steroid dienone is 2. The highest BCUT2D eigenvalue weighted by Gasteiger charge is 2.29. The topological polar surface area (TPSA) is 23.9 Å². The zero-order valence-corrected chi connectivity index (χ0v) is 12.8. The fourth-order valence-electron chi connectivity index (χ4n) is 2.33. The van der Waals surface area contributed by atoms with E-state index in [0.29, 0.717) is 5.92 Å². The van der Waals surface area contributed by atoms with E-state index in [-0.39, 0.29) is 5.41 Å². The first-order valence-corrected chi connectivity index (χ1v) is 9.92. The van der Waals surface area contributed by atoms with Gasteiger partial charge in [-0.2, -0.15) is 0 Å². The molecule has 0 saturated carbocycles. The highest BCUT2D eigenvalue weighted by molar-refractivity contribution is 6.83. The molecular formula is C14H27NSi. The molecule has 0 fully saturated rings. The van der Waals surface area contributed by atoms with Gasteiger partial charge in [0, 0.05) is 17.0 Å². The molecule has 1 aliphatic carbocycles. The minimum absolute atomic E-state index is 0.0308. The van der Waals surface area contributed by atoms with E-state index in [4.69, 9.17) is 5.41 Å². The average molecular weight is 237 g/mol. The molecule has 0 heterocycles. The summed E-state index contributed by atoms with van der Waals surface area (Å²) in [6, 6.07) is 0. The van der Waals surface area contributed by atoms with Gasteiger partial charge in [-0.1, -0.05) is 51.7 Å². The zero-order valence-electron chi connectivity index (χ0n) is 11.8. The van der Waals surface area contributed by atoms with Crippen molar-refractivity contribution in [1.82, 2.24) is 0 Å². The third-order valence-electron chi connectivity index (χ3n) is 3.51. The summed E-state index contributed by atoms with van der Waals surface area (Å²) in [5.41, 5.74) is 0.950. The van der Waals surface area contributed by atoms with Gasteiger partial charge in [-0.05, 0) is 19.3 Å². The number of hydrogen-bond donors (Lipinski definition) is 1. The van der Waals surface area contributed by atoms with Gasteiger partial charge in [0.15, 0.2) is 0 Å². The van der Waals surface area contributed by atoms with Gasteiger partial charge in [0.25, 0.3) is 0 Å². The largest absolute Gasteiger partial charge is 0.309 e. The van der Waals surface area contributed by atoms with Crippen LogP contribution in [0.25, 0.3) is 0 Å². The number of rotatable bonds is 2. The predicted octanol–water partition coefficient (Wildman–Crippen LogP) is 4.66. The van der Waals surface area contributed by atoms with Crippen molar-refractivity contribution < 1.29 is 0 Å². The Kier molecular flexibility index (Phi) is 3.83. The van der Waals surface area contributed by atoms with Crippen molar-refractivity contribution in [3.05, 3.63) is 11.3 Å². The van der Waals surface area contributed by atoms with E-state index in [1.54, 1.807) is 5.20 Å². The van der Waals surface area contributed by atoms with E-state index in [0.717, 1.165) is 5.71 Å². The molecule has 1 rings (SSSR count). The Hall–Kier alpha value is -0.373. The van der Waals surface area contributed by atoms with Crippen LogP contribution in [0.3, 0.4) is 0 Å². The Bertz CT molecular complexity index is 302. The molecule has 0 aromatic rings. The lowest BCUT2D eigenvalue weighted by Gasteiger charge is -2.32. The van der Waals surface area contributed by atoms with Gasteiger partial charge < -0.3 is 5.41 Å². The molecule has 0 bridgehead atoms. The molecule has 92 valence electrons. The smallest absolute Gasteiger partial charge is 0.0720 e. The fraction of sp³-hybridized carbons (Fsp3) is 0.786. The summed E-state index contributed by atoms with van der Waals surface area (Å²) in [5.74, 6) is 0.412. The summed E-state index contributed by atoms with van der Waals surface area (Å²) < 4.78 is 0. The summed E-state index contributed by atoms with van der Waals surface area (Å²) in [4.78, 5) is 0. The Labute approximate surface area is 102 Å². The van der Waals surface area contributed by atoms with Gasteiger partial charge in [-0.3, -0.25) is 0 Å². The first-order valence-electron chi connectivity index (χ1n) is 6.42. The quantitative estimate of drug-likeness (QED) is 0.534. The maximum absolute atomic E-state index is 8.30. The minimum atomic E-state index is -1.14. The van der Waals surface area contributed by atoms with Crippen molar-refractivity contribution in [2.24, 2.45) is 11.3 Å². The van der Waals surface area contributed by atoms with Crippen LogP contribution in [-0.4, -0.2) is 13.8 Å². The van der Waals surface area contributed by atoms with Crippen LogP contribution in [0.15, 0.2) is 11.3 Å². The molecule has 0 aliphatic heterocycles. The highest BCUT2D eigenvalue weighted by atomic mass is 28.3. The molecule has 0 aromatic carbocycles. The SMILES string of the molecule is CC(C)(C)C(=N)C1C=C([Si](C)(C)C)CCC1. The van der Waals surface area contributed by atoms with Crippen LogP contribution in [0.1, 0.15) is 40.0 Å². The molecule has 0 radical (unpaired) electrons. The normalized spacial score (nSPS) is 22.9. The van der Waals surface area contributed by atoms with Gasteiger partial charge in [0.05, 0.1) is 8.07 Å². The second-order valence-electron chi connectivity index (χ2n) is 7.10. The van der Waals surface area contributed by atoms with Gasteiger partial charge in [-0.25, -0.2) is 0 Å². The van der Waals surface area contributed by atoms with Crippen molar-refractivity contribution in [2.75, 3.05) is 0 Å². The molecule has 0 spiro atoms. The molecule has 0 aromatic heterocycles. The summed E-state index contributed by atoms with van der Waals surface area (Å²) in [6.07, 6.45) is 6.18. The summed E-state index contributed by atoms with van der Waals surface area (Å²) >= 11 is 0. The van der Waals surface area contributed by atoms with E-state index >= 15 is 0 Å². The van der Waals surface area contributed by atoms with E-state index in [9.17, 15) is 0 Å². The van der Waals surface area contributed by atoms with Gasteiger partial charge in [-0.15, -0.1) is 0 Å². The Balaban J connectivity index is 2.89. The molecule has 16 heavy (non-hydrogen) atoms. The van der Waals surface area contributed by atoms with Crippen LogP contribution in [0.5, 0.6) is 0 Å². The average Bonchev–Trinajstić information content (AvgIpc) is 2.14. The van der Waals surface area contributed by atoms with Gasteiger partial charge in [0.2, 0.25) is 0 Å². The molecule has 1 unspecified atom stereocenters. The summed E-state index contributed by atoms with van der Waals surface area (Å²) in [5, 5.41) is 9.98. The maximum Gasteiger partial charge on any atom is 0.0720 e. The Morgan fingerprint density at radius 2 is 1.88 bits per heavy atom. The summed E-state index contributed by atoms with van der Waals surface area (Å²) in [7, 11) is -1.14. The Morgan fingerprint density at radius 1 is 1.31 bits per heavy atom. The van der Waals surface area contributed by atoms with E-state index in [2.05, 4.69) is 46.5 Å². The molecule has 0 saturated heterocycles. The lowest BCUT2D eigenvalue weighted by atomic mass is 9.78. The van der Waals surface area contributed by atoms with Gasteiger partial charge >= 0.3 is 0 Å². The lowest BCUT2D eigenvalue weighted by Crippen LogP contribution is -2.32. The monoisotopic (exact) mass is 237 g/mol. The minimum Gasteiger partial charge on any atom is -0.309 e. The predicted molar refractivity (Wildman–Crippen MR) is 76.0 cm³/mol. The second-order valence-corrected chi connectivity index (χ2v) is 12.2. The van der Waals surface area contributed by atoms with Crippen LogP contribution in [0.4, 0.5) is 0 Å². The third-order valence-corrected chi connectivity index (χ3v) is 5.85. The van der Waals surface area contributed by atoms with Crippen LogP contribution >= 0.6 is 0 Å². The van der Waals surface area contributed by atoms with Crippen LogP contribution in [0, 0.1) is 16.7 Å².